The Labute approximate surface area is 133 Å². The molecule has 1 amide bonds. The Morgan fingerprint density at radius 3 is 2.68 bits per heavy atom. The molecule has 2 aromatic rings. The predicted octanol–water partition coefficient (Wildman–Crippen LogP) is 3.42. The maximum absolute atomic E-state index is 13.3. The van der Waals surface area contributed by atoms with Crippen molar-refractivity contribution < 1.29 is 13.9 Å². The van der Waals surface area contributed by atoms with Crippen molar-refractivity contribution in [3.63, 3.8) is 0 Å². The molecule has 2 rings (SSSR count). The number of hydrogen-bond acceptors (Lipinski definition) is 3. The molecular formula is C17H18FNO2S. The first-order valence-corrected chi connectivity index (χ1v) is 7.98. The van der Waals surface area contributed by atoms with Crippen LogP contribution in [0.15, 0.2) is 53.4 Å². The first-order chi connectivity index (χ1) is 10.7. The quantitative estimate of drug-likeness (QED) is 0.628. The summed E-state index contributed by atoms with van der Waals surface area (Å²) in [6.45, 7) is 2.60. The van der Waals surface area contributed by atoms with Crippen molar-refractivity contribution in [3.8, 4) is 5.75 Å². The molecule has 0 aromatic heterocycles. The number of carbonyl (C=O) groups excluding carboxylic acids is 1. The van der Waals surface area contributed by atoms with E-state index in [1.54, 1.807) is 18.2 Å². The normalized spacial score (nSPS) is 10.3. The topological polar surface area (TPSA) is 38.3 Å². The van der Waals surface area contributed by atoms with E-state index in [2.05, 4.69) is 5.32 Å². The number of hydrogen-bond donors (Lipinski definition) is 1. The van der Waals surface area contributed by atoms with Gasteiger partial charge in [0.2, 0.25) is 5.91 Å². The molecule has 0 bridgehead atoms. The molecule has 0 radical (unpaired) electrons. The van der Waals surface area contributed by atoms with Crippen molar-refractivity contribution in [2.45, 2.75) is 11.8 Å². The zero-order chi connectivity index (χ0) is 15.8. The van der Waals surface area contributed by atoms with Crippen LogP contribution in [-0.2, 0) is 4.79 Å². The Bertz CT molecular complexity index is 634. The van der Waals surface area contributed by atoms with E-state index in [1.807, 2.05) is 31.2 Å². The third-order valence-corrected chi connectivity index (χ3v) is 4.15. The molecular weight excluding hydrogens is 301 g/mol. The SMILES string of the molecule is Cc1ccccc1SCC(=O)NCCOc1ccccc1F. The fourth-order valence-corrected chi connectivity index (χ4v) is 2.69. The van der Waals surface area contributed by atoms with Gasteiger partial charge in [-0.2, -0.15) is 0 Å². The lowest BCUT2D eigenvalue weighted by atomic mass is 10.2. The van der Waals surface area contributed by atoms with Gasteiger partial charge in [0.1, 0.15) is 6.61 Å². The van der Waals surface area contributed by atoms with Crippen molar-refractivity contribution in [1.29, 1.82) is 0 Å². The summed E-state index contributed by atoms with van der Waals surface area (Å²) in [4.78, 5) is 12.8. The Balaban J connectivity index is 1.66. The van der Waals surface area contributed by atoms with Gasteiger partial charge in [0.05, 0.1) is 12.3 Å². The Morgan fingerprint density at radius 1 is 1.18 bits per heavy atom. The van der Waals surface area contributed by atoms with E-state index in [1.165, 1.54) is 17.8 Å². The monoisotopic (exact) mass is 319 g/mol. The number of ether oxygens (including phenoxy) is 1. The van der Waals surface area contributed by atoms with E-state index in [0.29, 0.717) is 12.3 Å². The molecule has 0 heterocycles. The lowest BCUT2D eigenvalue weighted by Crippen LogP contribution is -2.29. The van der Waals surface area contributed by atoms with Crippen LogP contribution in [-0.4, -0.2) is 24.8 Å². The van der Waals surface area contributed by atoms with Crippen LogP contribution in [0.4, 0.5) is 4.39 Å². The molecule has 0 fully saturated rings. The number of carbonyl (C=O) groups is 1. The zero-order valence-electron chi connectivity index (χ0n) is 12.3. The second-order valence-electron chi connectivity index (χ2n) is 4.68. The second kappa shape index (κ2) is 8.44. The summed E-state index contributed by atoms with van der Waals surface area (Å²) in [7, 11) is 0. The number of para-hydroxylation sites is 1. The van der Waals surface area contributed by atoms with E-state index in [0.717, 1.165) is 10.5 Å². The van der Waals surface area contributed by atoms with Crippen molar-refractivity contribution in [2.24, 2.45) is 0 Å². The van der Waals surface area contributed by atoms with Crippen LogP contribution >= 0.6 is 11.8 Å². The molecule has 0 atom stereocenters. The summed E-state index contributed by atoms with van der Waals surface area (Å²) in [5, 5.41) is 2.75. The van der Waals surface area contributed by atoms with E-state index < -0.39 is 5.82 Å². The van der Waals surface area contributed by atoms with Gasteiger partial charge in [0.25, 0.3) is 0 Å². The molecule has 5 heteroatoms. The van der Waals surface area contributed by atoms with Gasteiger partial charge in [0.15, 0.2) is 11.6 Å². The average Bonchev–Trinajstić information content (AvgIpc) is 2.52. The zero-order valence-corrected chi connectivity index (χ0v) is 13.2. The van der Waals surface area contributed by atoms with E-state index in [-0.39, 0.29) is 18.3 Å². The van der Waals surface area contributed by atoms with Crippen molar-refractivity contribution in [1.82, 2.24) is 5.32 Å². The molecule has 22 heavy (non-hydrogen) atoms. The van der Waals surface area contributed by atoms with Crippen LogP contribution < -0.4 is 10.1 Å². The smallest absolute Gasteiger partial charge is 0.230 e. The molecule has 0 saturated carbocycles. The van der Waals surface area contributed by atoms with Crippen molar-refractivity contribution >= 4 is 17.7 Å². The van der Waals surface area contributed by atoms with E-state index in [4.69, 9.17) is 4.74 Å². The summed E-state index contributed by atoms with van der Waals surface area (Å²) in [5.74, 6) is 0.0882. The van der Waals surface area contributed by atoms with Crippen molar-refractivity contribution in [3.05, 3.63) is 59.9 Å². The van der Waals surface area contributed by atoms with Gasteiger partial charge in [0, 0.05) is 4.90 Å². The van der Waals surface area contributed by atoms with Crippen LogP contribution in [0, 0.1) is 12.7 Å². The highest BCUT2D eigenvalue weighted by Crippen LogP contribution is 2.21. The first kappa shape index (κ1) is 16.4. The summed E-state index contributed by atoms with van der Waals surface area (Å²) in [5.41, 5.74) is 1.16. The lowest BCUT2D eigenvalue weighted by molar-refractivity contribution is -0.118. The molecule has 0 aliphatic rings. The third kappa shape index (κ3) is 5.07. The molecule has 116 valence electrons. The molecule has 2 aromatic carbocycles. The molecule has 0 saturated heterocycles. The minimum absolute atomic E-state index is 0.0645. The van der Waals surface area contributed by atoms with Gasteiger partial charge < -0.3 is 10.1 Å². The highest BCUT2D eigenvalue weighted by molar-refractivity contribution is 8.00. The third-order valence-electron chi connectivity index (χ3n) is 2.97. The predicted molar refractivity (Wildman–Crippen MR) is 86.8 cm³/mol. The number of benzene rings is 2. The number of aryl methyl sites for hydroxylation is 1. The number of rotatable bonds is 7. The molecule has 1 N–H and O–H groups in total. The largest absolute Gasteiger partial charge is 0.489 e. The number of thioether (sulfide) groups is 1. The molecule has 0 aliphatic heterocycles. The van der Waals surface area contributed by atoms with Gasteiger partial charge in [-0.1, -0.05) is 30.3 Å². The molecule has 3 nitrogen and oxygen atoms in total. The van der Waals surface area contributed by atoms with Crippen LogP contribution in [0.1, 0.15) is 5.56 Å². The molecule has 0 spiro atoms. The van der Waals surface area contributed by atoms with Crippen LogP contribution in [0.3, 0.4) is 0 Å². The van der Waals surface area contributed by atoms with Gasteiger partial charge in [-0.05, 0) is 30.7 Å². The number of halogens is 1. The van der Waals surface area contributed by atoms with Crippen LogP contribution in [0.5, 0.6) is 5.75 Å². The maximum Gasteiger partial charge on any atom is 0.230 e. The number of nitrogens with one attached hydrogen (secondary N) is 1. The summed E-state index contributed by atoms with van der Waals surface area (Å²) < 4.78 is 18.6. The van der Waals surface area contributed by atoms with E-state index >= 15 is 0 Å². The van der Waals surface area contributed by atoms with E-state index in [9.17, 15) is 9.18 Å². The minimum Gasteiger partial charge on any atom is -0.489 e. The summed E-state index contributed by atoms with van der Waals surface area (Å²) >= 11 is 1.50. The summed E-state index contributed by atoms with van der Waals surface area (Å²) in [6.07, 6.45) is 0. The van der Waals surface area contributed by atoms with Gasteiger partial charge >= 0.3 is 0 Å². The van der Waals surface area contributed by atoms with Crippen LogP contribution in [0.2, 0.25) is 0 Å². The fourth-order valence-electron chi connectivity index (χ4n) is 1.83. The Hall–Kier alpha value is -2.01. The Morgan fingerprint density at radius 2 is 1.91 bits per heavy atom. The first-order valence-electron chi connectivity index (χ1n) is 6.99. The lowest BCUT2D eigenvalue weighted by Gasteiger charge is -2.09. The fraction of sp³-hybridized carbons (Fsp3) is 0.235. The maximum atomic E-state index is 13.3. The summed E-state index contributed by atoms with van der Waals surface area (Å²) in [6, 6.07) is 14.1. The Kier molecular flexibility index (Phi) is 6.27. The number of amides is 1. The average molecular weight is 319 g/mol. The van der Waals surface area contributed by atoms with Gasteiger partial charge in [-0.25, -0.2) is 4.39 Å². The van der Waals surface area contributed by atoms with Gasteiger partial charge in [-0.3, -0.25) is 4.79 Å². The highest BCUT2D eigenvalue weighted by atomic mass is 32.2. The highest BCUT2D eigenvalue weighted by Gasteiger charge is 2.05. The van der Waals surface area contributed by atoms with Crippen molar-refractivity contribution in [2.75, 3.05) is 18.9 Å². The standard InChI is InChI=1S/C17H18FNO2S/c1-13-6-2-5-9-16(13)22-12-17(20)19-10-11-21-15-8-4-3-7-14(15)18/h2-9H,10-12H2,1H3,(H,19,20). The molecule has 0 unspecified atom stereocenters. The molecule has 0 aliphatic carbocycles. The van der Waals surface area contributed by atoms with Gasteiger partial charge in [-0.15, -0.1) is 11.8 Å². The second-order valence-corrected chi connectivity index (χ2v) is 5.70. The van der Waals surface area contributed by atoms with Crippen LogP contribution in [0.25, 0.3) is 0 Å². The minimum atomic E-state index is -0.399.